The van der Waals surface area contributed by atoms with E-state index >= 15 is 0 Å². The van der Waals surface area contributed by atoms with Crippen LogP contribution in [0.1, 0.15) is 45.4 Å². The summed E-state index contributed by atoms with van der Waals surface area (Å²) in [5.74, 6) is 1.92. The molecule has 96 valence electrons. The van der Waals surface area contributed by atoms with Crippen LogP contribution < -0.4 is 5.32 Å². The minimum absolute atomic E-state index is 0.956. The van der Waals surface area contributed by atoms with E-state index < -0.39 is 0 Å². The molecule has 2 heteroatoms. The van der Waals surface area contributed by atoms with Crippen molar-refractivity contribution < 1.29 is 0 Å². The summed E-state index contributed by atoms with van der Waals surface area (Å²) < 4.78 is 0. The molecule has 1 N–H and O–H groups in total. The van der Waals surface area contributed by atoms with Crippen molar-refractivity contribution in [3.8, 4) is 0 Å². The van der Waals surface area contributed by atoms with Crippen LogP contribution in [0, 0.1) is 11.8 Å². The Bertz CT molecular complexity index is 168. The normalized spacial score (nSPS) is 26.2. The van der Waals surface area contributed by atoms with Crippen LogP contribution in [0.2, 0.25) is 0 Å². The van der Waals surface area contributed by atoms with Gasteiger partial charge in [-0.15, -0.1) is 0 Å². The summed E-state index contributed by atoms with van der Waals surface area (Å²) in [4.78, 5) is 2.27. The van der Waals surface area contributed by atoms with Gasteiger partial charge in [0.1, 0.15) is 0 Å². The minimum atomic E-state index is 0.956. The zero-order valence-electron chi connectivity index (χ0n) is 11.5. The minimum Gasteiger partial charge on any atom is -0.316 e. The van der Waals surface area contributed by atoms with Gasteiger partial charge in [0.2, 0.25) is 0 Å². The molecule has 0 amide bonds. The Morgan fingerprint density at radius 1 is 1.19 bits per heavy atom. The number of nitrogens with one attached hydrogen (secondary N) is 1. The zero-order chi connectivity index (χ0) is 11.8. The van der Waals surface area contributed by atoms with E-state index in [0.717, 1.165) is 11.8 Å². The van der Waals surface area contributed by atoms with Crippen molar-refractivity contribution in [2.24, 2.45) is 11.8 Å². The topological polar surface area (TPSA) is 15.3 Å². The number of unbranched alkanes of at least 4 members (excludes halogenated alkanes) is 1. The first-order chi connectivity index (χ1) is 7.68. The number of nitrogens with zero attached hydrogens (tertiary/aromatic N) is 1. The molecule has 1 fully saturated rings. The maximum Gasteiger partial charge on any atom is -0.00204 e. The second-order valence-corrected chi connectivity index (χ2v) is 5.85. The summed E-state index contributed by atoms with van der Waals surface area (Å²) >= 11 is 0. The molecule has 0 bridgehead atoms. The van der Waals surface area contributed by atoms with Gasteiger partial charge in [-0.05, 0) is 71.2 Å². The van der Waals surface area contributed by atoms with Gasteiger partial charge in [-0.2, -0.15) is 0 Å². The molecular weight excluding hydrogens is 196 g/mol. The Kier molecular flexibility index (Phi) is 7.06. The molecule has 0 saturated heterocycles. The van der Waals surface area contributed by atoms with Gasteiger partial charge in [0.05, 0.1) is 0 Å². The van der Waals surface area contributed by atoms with E-state index in [-0.39, 0.29) is 0 Å². The first-order valence-corrected chi connectivity index (χ1v) is 7.04. The smallest absolute Gasteiger partial charge is 0.00204 e. The second kappa shape index (κ2) is 8.08. The maximum atomic E-state index is 3.63. The predicted octanol–water partition coefficient (Wildman–Crippen LogP) is 2.74. The molecule has 1 rings (SSSR count). The van der Waals surface area contributed by atoms with Crippen molar-refractivity contribution in [1.29, 1.82) is 0 Å². The zero-order valence-corrected chi connectivity index (χ0v) is 11.5. The third-order valence-electron chi connectivity index (χ3n) is 3.69. The Morgan fingerprint density at radius 3 is 2.69 bits per heavy atom. The van der Waals surface area contributed by atoms with E-state index in [9.17, 15) is 0 Å². The third kappa shape index (κ3) is 6.49. The second-order valence-electron chi connectivity index (χ2n) is 5.85. The lowest BCUT2D eigenvalue weighted by Crippen LogP contribution is -2.27. The summed E-state index contributed by atoms with van der Waals surface area (Å²) in [5.41, 5.74) is 0. The van der Waals surface area contributed by atoms with Crippen molar-refractivity contribution in [3.05, 3.63) is 0 Å². The van der Waals surface area contributed by atoms with Crippen LogP contribution in [0.25, 0.3) is 0 Å². The van der Waals surface area contributed by atoms with Crippen molar-refractivity contribution in [2.45, 2.75) is 45.4 Å². The molecule has 0 spiro atoms. The molecule has 16 heavy (non-hydrogen) atoms. The fourth-order valence-electron chi connectivity index (χ4n) is 2.73. The van der Waals surface area contributed by atoms with Crippen molar-refractivity contribution in [2.75, 3.05) is 33.7 Å². The quantitative estimate of drug-likeness (QED) is 0.672. The van der Waals surface area contributed by atoms with Crippen LogP contribution in [0.3, 0.4) is 0 Å². The highest BCUT2D eigenvalue weighted by molar-refractivity contribution is 4.72. The lowest BCUT2D eigenvalue weighted by Gasteiger charge is -2.26. The van der Waals surface area contributed by atoms with Crippen molar-refractivity contribution >= 4 is 0 Å². The van der Waals surface area contributed by atoms with Crippen LogP contribution in [-0.2, 0) is 0 Å². The molecule has 0 radical (unpaired) electrons. The van der Waals surface area contributed by atoms with Gasteiger partial charge < -0.3 is 10.2 Å². The molecule has 2 unspecified atom stereocenters. The van der Waals surface area contributed by atoms with E-state index in [0.29, 0.717) is 0 Å². The molecule has 0 heterocycles. The summed E-state index contributed by atoms with van der Waals surface area (Å²) in [5, 5.41) is 3.63. The average molecular weight is 226 g/mol. The van der Waals surface area contributed by atoms with Crippen molar-refractivity contribution in [3.63, 3.8) is 0 Å². The first kappa shape index (κ1) is 14.0. The van der Waals surface area contributed by atoms with Crippen LogP contribution in [0.15, 0.2) is 0 Å². The van der Waals surface area contributed by atoms with E-state index in [1.165, 1.54) is 58.2 Å². The van der Waals surface area contributed by atoms with E-state index in [2.05, 4.69) is 31.2 Å². The molecule has 0 aliphatic heterocycles. The summed E-state index contributed by atoms with van der Waals surface area (Å²) in [7, 11) is 4.30. The fourth-order valence-corrected chi connectivity index (χ4v) is 2.73. The summed E-state index contributed by atoms with van der Waals surface area (Å²) in [6.07, 6.45) is 8.45. The highest BCUT2D eigenvalue weighted by Crippen LogP contribution is 2.27. The number of hydrogen-bond acceptors (Lipinski definition) is 2. The van der Waals surface area contributed by atoms with Crippen LogP contribution >= 0.6 is 0 Å². The largest absolute Gasteiger partial charge is 0.316 e. The lowest BCUT2D eigenvalue weighted by molar-refractivity contribution is 0.273. The molecule has 0 aromatic carbocycles. The molecule has 2 nitrogen and oxygen atoms in total. The highest BCUT2D eigenvalue weighted by atomic mass is 15.0. The Morgan fingerprint density at radius 2 is 2.00 bits per heavy atom. The molecule has 0 aromatic rings. The Labute approximate surface area is 102 Å². The standard InChI is InChI=1S/C14H30N2/c1-13-7-6-8-14(11-13)12-15-9-4-5-10-16(2)3/h13-15H,4-12H2,1-3H3. The molecule has 2 atom stereocenters. The Hall–Kier alpha value is -0.0800. The van der Waals surface area contributed by atoms with Gasteiger partial charge in [0, 0.05) is 0 Å². The first-order valence-electron chi connectivity index (χ1n) is 7.04. The van der Waals surface area contributed by atoms with Crippen LogP contribution in [0.5, 0.6) is 0 Å². The number of rotatable bonds is 7. The molecule has 1 aliphatic carbocycles. The lowest BCUT2D eigenvalue weighted by atomic mass is 9.82. The molecule has 1 aliphatic rings. The summed E-state index contributed by atoms with van der Waals surface area (Å²) in [6.45, 7) is 6.09. The maximum absolute atomic E-state index is 3.63. The van der Waals surface area contributed by atoms with Gasteiger partial charge in [0.25, 0.3) is 0 Å². The fraction of sp³-hybridized carbons (Fsp3) is 1.00. The van der Waals surface area contributed by atoms with Gasteiger partial charge in [-0.1, -0.05) is 19.8 Å². The van der Waals surface area contributed by atoms with Gasteiger partial charge in [0.15, 0.2) is 0 Å². The van der Waals surface area contributed by atoms with Crippen LogP contribution in [-0.4, -0.2) is 38.6 Å². The molecule has 1 saturated carbocycles. The molecule has 0 aromatic heterocycles. The third-order valence-corrected chi connectivity index (χ3v) is 3.69. The molecular formula is C14H30N2. The number of hydrogen-bond donors (Lipinski definition) is 1. The van der Waals surface area contributed by atoms with Gasteiger partial charge >= 0.3 is 0 Å². The van der Waals surface area contributed by atoms with Gasteiger partial charge in [-0.3, -0.25) is 0 Å². The van der Waals surface area contributed by atoms with Crippen molar-refractivity contribution in [1.82, 2.24) is 10.2 Å². The van der Waals surface area contributed by atoms with Crippen LogP contribution in [0.4, 0.5) is 0 Å². The average Bonchev–Trinajstić information content (AvgIpc) is 2.23. The summed E-state index contributed by atoms with van der Waals surface area (Å²) in [6, 6.07) is 0. The predicted molar refractivity (Wildman–Crippen MR) is 71.8 cm³/mol. The monoisotopic (exact) mass is 226 g/mol. The SMILES string of the molecule is CC1CCCC(CNCCCCN(C)C)C1. The van der Waals surface area contributed by atoms with E-state index in [4.69, 9.17) is 0 Å². The highest BCUT2D eigenvalue weighted by Gasteiger charge is 2.17. The van der Waals surface area contributed by atoms with E-state index in [1.807, 2.05) is 0 Å². The van der Waals surface area contributed by atoms with E-state index in [1.54, 1.807) is 0 Å². The Balaban J connectivity index is 1.90. The van der Waals surface area contributed by atoms with Gasteiger partial charge in [-0.25, -0.2) is 0 Å².